The first kappa shape index (κ1) is 17.3. The van der Waals surface area contributed by atoms with Crippen molar-refractivity contribution in [1.29, 1.82) is 0 Å². The van der Waals surface area contributed by atoms with Gasteiger partial charge in [-0.2, -0.15) is 5.10 Å². The minimum Gasteiger partial charge on any atom is -0.482 e. The summed E-state index contributed by atoms with van der Waals surface area (Å²) < 4.78 is 7.56. The summed E-state index contributed by atoms with van der Waals surface area (Å²) in [5.74, 6) is 0.205. The molecule has 1 aromatic heterocycles. The number of aromatic nitrogens is 2. The van der Waals surface area contributed by atoms with E-state index in [2.05, 4.69) is 21.5 Å². The third-order valence-corrected chi connectivity index (χ3v) is 5.99. The van der Waals surface area contributed by atoms with Gasteiger partial charge in [0.05, 0.1) is 23.5 Å². The first-order chi connectivity index (χ1) is 13.7. The van der Waals surface area contributed by atoms with Crippen LogP contribution in [-0.2, 0) is 11.2 Å². The highest BCUT2D eigenvalue weighted by molar-refractivity contribution is 5.99. The van der Waals surface area contributed by atoms with E-state index in [0.717, 1.165) is 25.0 Å². The van der Waals surface area contributed by atoms with E-state index in [1.165, 1.54) is 31.2 Å². The SMILES string of the molecule is O=C1COc2cc(C(=O)N[C@@H]3CCCc4cn(C5CCCC5)nc43)ccc2N1. The molecule has 28 heavy (non-hydrogen) atoms. The van der Waals surface area contributed by atoms with Crippen molar-refractivity contribution in [2.75, 3.05) is 11.9 Å². The average molecular weight is 380 g/mol. The fourth-order valence-electron chi connectivity index (χ4n) is 4.52. The third kappa shape index (κ3) is 3.15. The van der Waals surface area contributed by atoms with Gasteiger partial charge >= 0.3 is 0 Å². The number of ether oxygens (including phenoxy) is 1. The van der Waals surface area contributed by atoms with Crippen LogP contribution in [0.3, 0.4) is 0 Å². The second-order valence-corrected chi connectivity index (χ2v) is 7.92. The number of fused-ring (bicyclic) bond motifs is 2. The predicted octanol–water partition coefficient (Wildman–Crippen LogP) is 3.14. The van der Waals surface area contributed by atoms with Crippen molar-refractivity contribution in [2.45, 2.75) is 57.0 Å². The fourth-order valence-corrected chi connectivity index (χ4v) is 4.52. The van der Waals surface area contributed by atoms with Gasteiger partial charge in [-0.3, -0.25) is 14.3 Å². The molecule has 7 heteroatoms. The van der Waals surface area contributed by atoms with Gasteiger partial charge in [0.15, 0.2) is 6.61 Å². The van der Waals surface area contributed by atoms with E-state index in [1.807, 2.05) is 0 Å². The molecule has 2 aliphatic carbocycles. The molecule has 2 amide bonds. The lowest BCUT2D eigenvalue weighted by Gasteiger charge is -2.23. The Kier molecular flexibility index (Phi) is 4.30. The molecule has 2 heterocycles. The van der Waals surface area contributed by atoms with E-state index < -0.39 is 0 Å². The first-order valence-corrected chi connectivity index (χ1v) is 10.1. The lowest BCUT2D eigenvalue weighted by Crippen LogP contribution is -2.31. The highest BCUT2D eigenvalue weighted by Crippen LogP contribution is 2.34. The number of carbonyl (C=O) groups excluding carboxylic acids is 2. The number of aryl methyl sites for hydroxylation is 1. The molecule has 3 aliphatic rings. The maximum absolute atomic E-state index is 12.8. The van der Waals surface area contributed by atoms with E-state index in [9.17, 15) is 9.59 Å². The zero-order valence-corrected chi connectivity index (χ0v) is 15.7. The summed E-state index contributed by atoms with van der Waals surface area (Å²) in [6.07, 6.45) is 10.1. The zero-order valence-electron chi connectivity index (χ0n) is 15.7. The Bertz CT molecular complexity index is 930. The molecule has 2 N–H and O–H groups in total. The van der Waals surface area contributed by atoms with Gasteiger partial charge in [0.25, 0.3) is 11.8 Å². The van der Waals surface area contributed by atoms with Gasteiger partial charge in [0, 0.05) is 11.8 Å². The van der Waals surface area contributed by atoms with Gasteiger partial charge in [0.1, 0.15) is 5.75 Å². The van der Waals surface area contributed by atoms with E-state index >= 15 is 0 Å². The maximum Gasteiger partial charge on any atom is 0.262 e. The van der Waals surface area contributed by atoms with Crippen LogP contribution in [0.15, 0.2) is 24.4 Å². The number of hydrogen-bond acceptors (Lipinski definition) is 4. The van der Waals surface area contributed by atoms with Gasteiger partial charge in [0.2, 0.25) is 0 Å². The highest BCUT2D eigenvalue weighted by Gasteiger charge is 2.28. The quantitative estimate of drug-likeness (QED) is 0.857. The molecular weight excluding hydrogens is 356 g/mol. The molecule has 2 aromatic rings. The highest BCUT2D eigenvalue weighted by atomic mass is 16.5. The Labute approximate surface area is 163 Å². The second kappa shape index (κ2) is 6.96. The number of anilines is 1. The van der Waals surface area contributed by atoms with Crippen molar-refractivity contribution >= 4 is 17.5 Å². The number of rotatable bonds is 3. The molecule has 1 saturated carbocycles. The minimum atomic E-state index is -0.183. The van der Waals surface area contributed by atoms with Crippen LogP contribution in [0.5, 0.6) is 5.75 Å². The number of hydrogen-bond donors (Lipinski definition) is 2. The fraction of sp³-hybridized carbons (Fsp3) is 0.476. The van der Waals surface area contributed by atoms with Crippen LogP contribution in [-0.4, -0.2) is 28.2 Å². The molecule has 5 rings (SSSR count). The van der Waals surface area contributed by atoms with Gasteiger partial charge < -0.3 is 15.4 Å². The number of benzene rings is 1. The van der Waals surface area contributed by atoms with Crippen molar-refractivity contribution in [2.24, 2.45) is 0 Å². The van der Waals surface area contributed by atoms with Crippen LogP contribution < -0.4 is 15.4 Å². The summed E-state index contributed by atoms with van der Waals surface area (Å²) in [5.41, 5.74) is 3.41. The first-order valence-electron chi connectivity index (χ1n) is 10.1. The van der Waals surface area contributed by atoms with Gasteiger partial charge in [-0.05, 0) is 55.9 Å². The Hall–Kier alpha value is -2.83. The van der Waals surface area contributed by atoms with Crippen molar-refractivity contribution in [3.05, 3.63) is 41.2 Å². The predicted molar refractivity (Wildman–Crippen MR) is 103 cm³/mol. The molecular formula is C21H24N4O3. The molecule has 0 radical (unpaired) electrons. The maximum atomic E-state index is 12.8. The van der Waals surface area contributed by atoms with Crippen molar-refractivity contribution in [3.63, 3.8) is 0 Å². The molecule has 0 bridgehead atoms. The molecule has 0 unspecified atom stereocenters. The third-order valence-electron chi connectivity index (χ3n) is 5.99. The Balaban J connectivity index is 1.34. The lowest BCUT2D eigenvalue weighted by atomic mass is 9.93. The van der Waals surface area contributed by atoms with Gasteiger partial charge in [-0.25, -0.2) is 0 Å². The molecule has 146 valence electrons. The van der Waals surface area contributed by atoms with Crippen LogP contribution >= 0.6 is 0 Å². The number of nitrogens with zero attached hydrogens (tertiary/aromatic N) is 2. The van der Waals surface area contributed by atoms with Crippen molar-refractivity contribution in [3.8, 4) is 5.75 Å². The van der Waals surface area contributed by atoms with E-state index in [4.69, 9.17) is 9.84 Å². The molecule has 0 spiro atoms. The van der Waals surface area contributed by atoms with E-state index in [-0.39, 0.29) is 24.5 Å². The van der Waals surface area contributed by atoms with Crippen molar-refractivity contribution in [1.82, 2.24) is 15.1 Å². The molecule has 0 saturated heterocycles. The average Bonchev–Trinajstić information content (AvgIpc) is 3.37. The second-order valence-electron chi connectivity index (χ2n) is 7.92. The monoisotopic (exact) mass is 380 g/mol. The van der Waals surface area contributed by atoms with Crippen LogP contribution in [0.2, 0.25) is 0 Å². The van der Waals surface area contributed by atoms with Crippen molar-refractivity contribution < 1.29 is 14.3 Å². The number of amides is 2. The van der Waals surface area contributed by atoms with Gasteiger partial charge in [-0.15, -0.1) is 0 Å². The Morgan fingerprint density at radius 1 is 1.21 bits per heavy atom. The van der Waals surface area contributed by atoms with E-state index in [0.29, 0.717) is 23.0 Å². The summed E-state index contributed by atoms with van der Waals surface area (Å²) >= 11 is 0. The molecule has 1 aromatic carbocycles. The normalized spacial score (nSPS) is 21.4. The van der Waals surface area contributed by atoms with Crippen LogP contribution in [0, 0.1) is 0 Å². The molecule has 1 aliphatic heterocycles. The summed E-state index contributed by atoms with van der Waals surface area (Å²) in [6, 6.07) is 5.56. The van der Waals surface area contributed by atoms with E-state index in [1.54, 1.807) is 18.2 Å². The molecule has 1 fully saturated rings. The summed E-state index contributed by atoms with van der Waals surface area (Å²) in [6.45, 7) is -0.0251. The lowest BCUT2D eigenvalue weighted by molar-refractivity contribution is -0.118. The largest absolute Gasteiger partial charge is 0.482 e. The Morgan fingerprint density at radius 3 is 2.93 bits per heavy atom. The number of carbonyl (C=O) groups is 2. The Morgan fingerprint density at radius 2 is 2.07 bits per heavy atom. The van der Waals surface area contributed by atoms with Crippen LogP contribution in [0.25, 0.3) is 0 Å². The molecule has 7 nitrogen and oxygen atoms in total. The zero-order chi connectivity index (χ0) is 19.1. The summed E-state index contributed by atoms with van der Waals surface area (Å²) in [5, 5.41) is 10.8. The van der Waals surface area contributed by atoms with Crippen LogP contribution in [0.4, 0.5) is 5.69 Å². The minimum absolute atomic E-state index is 0.0251. The summed E-state index contributed by atoms with van der Waals surface area (Å²) in [4.78, 5) is 24.2. The topological polar surface area (TPSA) is 85.2 Å². The van der Waals surface area contributed by atoms with Crippen LogP contribution in [0.1, 0.15) is 72.2 Å². The molecule has 1 atom stereocenters. The number of nitrogens with one attached hydrogen (secondary N) is 2. The summed E-state index contributed by atoms with van der Waals surface area (Å²) in [7, 11) is 0. The smallest absolute Gasteiger partial charge is 0.262 e. The standard InChI is InChI=1S/C21H24N4O3/c26-19-12-28-18-10-13(8-9-16(18)22-19)21(27)23-17-7-3-4-14-11-25(24-20(14)17)15-5-1-2-6-15/h8-11,15,17H,1-7,12H2,(H,22,26)(H,23,27)/t17-/m1/s1. The van der Waals surface area contributed by atoms with Gasteiger partial charge in [-0.1, -0.05) is 12.8 Å².